The van der Waals surface area contributed by atoms with Crippen molar-refractivity contribution in [1.29, 1.82) is 5.26 Å². The van der Waals surface area contributed by atoms with E-state index in [-0.39, 0.29) is 17.7 Å². The van der Waals surface area contributed by atoms with Crippen LogP contribution in [0, 0.1) is 21.8 Å². The number of nitriles is 1. The Morgan fingerprint density at radius 3 is 2.49 bits per heavy atom. The number of anilines is 1. The van der Waals surface area contributed by atoms with Gasteiger partial charge in [0, 0.05) is 5.69 Å². The third-order valence-electron chi connectivity index (χ3n) is 4.87. The molecule has 0 aliphatic rings. The average Bonchev–Trinajstić information content (AvgIpc) is 2.82. The number of carbonyl (C=O) groups excluding carboxylic acids is 1. The summed E-state index contributed by atoms with van der Waals surface area (Å²) in [5.41, 5.74) is 3.19. The van der Waals surface area contributed by atoms with Crippen LogP contribution in [0.2, 0.25) is 0 Å². The number of halogens is 1. The molecule has 8 heteroatoms. The molecule has 1 amide bonds. The fourth-order valence-corrected chi connectivity index (χ4v) is 3.99. The summed E-state index contributed by atoms with van der Waals surface area (Å²) in [6.07, 6.45) is 1.50. The summed E-state index contributed by atoms with van der Waals surface area (Å²) < 4.78 is 12.5. The van der Waals surface area contributed by atoms with E-state index in [4.69, 9.17) is 14.6 Å². The Kier molecular flexibility index (Phi) is 8.86. The molecule has 3 aromatic rings. The van der Waals surface area contributed by atoms with Crippen molar-refractivity contribution >= 4 is 46.2 Å². The maximum absolute atomic E-state index is 12.7. The van der Waals surface area contributed by atoms with E-state index in [1.54, 1.807) is 30.3 Å². The van der Waals surface area contributed by atoms with Crippen LogP contribution in [0.4, 0.5) is 5.69 Å². The smallest absolute Gasteiger partial charge is 0.335 e. The molecule has 35 heavy (non-hydrogen) atoms. The quantitative estimate of drug-likeness (QED) is 0.187. The Labute approximate surface area is 217 Å². The van der Waals surface area contributed by atoms with Crippen molar-refractivity contribution in [3.05, 3.63) is 92.1 Å². The van der Waals surface area contributed by atoms with Crippen molar-refractivity contribution in [3.8, 4) is 17.6 Å². The van der Waals surface area contributed by atoms with Crippen molar-refractivity contribution in [2.24, 2.45) is 0 Å². The second-order valence-electron chi connectivity index (χ2n) is 7.55. The van der Waals surface area contributed by atoms with Crippen LogP contribution in [-0.4, -0.2) is 23.6 Å². The summed E-state index contributed by atoms with van der Waals surface area (Å²) in [7, 11) is 0. The molecule has 7 nitrogen and oxygen atoms in total. The van der Waals surface area contributed by atoms with Crippen LogP contribution >= 0.6 is 22.6 Å². The summed E-state index contributed by atoms with van der Waals surface area (Å²) >= 11 is 2.11. The molecule has 0 aliphatic carbocycles. The first-order valence-electron chi connectivity index (χ1n) is 10.7. The number of hydrogen-bond donors (Lipinski definition) is 2. The minimum absolute atomic E-state index is 0.0445. The van der Waals surface area contributed by atoms with Gasteiger partial charge in [-0.1, -0.05) is 24.3 Å². The van der Waals surface area contributed by atoms with E-state index in [0.29, 0.717) is 29.4 Å². The molecular formula is C27H23IN2O5. The van der Waals surface area contributed by atoms with E-state index in [1.807, 2.05) is 38.1 Å². The van der Waals surface area contributed by atoms with Gasteiger partial charge in [0.05, 0.1) is 15.7 Å². The van der Waals surface area contributed by atoms with Gasteiger partial charge >= 0.3 is 5.97 Å². The molecule has 0 radical (unpaired) electrons. The first kappa shape index (κ1) is 25.8. The van der Waals surface area contributed by atoms with E-state index < -0.39 is 11.9 Å². The van der Waals surface area contributed by atoms with Gasteiger partial charge in [-0.05, 0) is 95.6 Å². The van der Waals surface area contributed by atoms with Crippen LogP contribution in [0.5, 0.6) is 11.5 Å². The molecule has 178 valence electrons. The van der Waals surface area contributed by atoms with Gasteiger partial charge < -0.3 is 19.9 Å². The first-order chi connectivity index (χ1) is 16.8. The zero-order valence-electron chi connectivity index (χ0n) is 19.2. The molecule has 0 saturated heterocycles. The van der Waals surface area contributed by atoms with E-state index in [1.165, 1.54) is 18.2 Å². The third kappa shape index (κ3) is 7.07. The average molecular weight is 582 g/mol. The highest BCUT2D eigenvalue weighted by atomic mass is 127. The Bertz CT molecular complexity index is 1310. The van der Waals surface area contributed by atoms with E-state index >= 15 is 0 Å². The molecule has 0 spiro atoms. The number of amides is 1. The number of aromatic carboxylic acids is 1. The summed E-state index contributed by atoms with van der Waals surface area (Å²) in [6, 6.07) is 19.2. The Morgan fingerprint density at radius 2 is 1.86 bits per heavy atom. The molecule has 0 aromatic heterocycles. The molecule has 0 unspecified atom stereocenters. The van der Waals surface area contributed by atoms with Gasteiger partial charge in [0.1, 0.15) is 18.2 Å². The maximum atomic E-state index is 12.7. The van der Waals surface area contributed by atoms with Gasteiger partial charge in [-0.2, -0.15) is 5.26 Å². The lowest BCUT2D eigenvalue weighted by Gasteiger charge is -2.15. The van der Waals surface area contributed by atoms with Gasteiger partial charge in [0.2, 0.25) is 0 Å². The van der Waals surface area contributed by atoms with Crippen LogP contribution in [0.15, 0.2) is 66.2 Å². The lowest BCUT2D eigenvalue weighted by atomic mass is 10.1. The van der Waals surface area contributed by atoms with Crippen LogP contribution < -0.4 is 14.8 Å². The predicted molar refractivity (Wildman–Crippen MR) is 141 cm³/mol. The Hall–Kier alpha value is -3.84. The summed E-state index contributed by atoms with van der Waals surface area (Å²) in [5, 5.41) is 21.4. The van der Waals surface area contributed by atoms with Crippen LogP contribution in [0.25, 0.3) is 6.08 Å². The van der Waals surface area contributed by atoms with E-state index in [9.17, 15) is 14.9 Å². The number of rotatable bonds is 9. The number of ether oxygens (including phenoxy) is 2. The number of nitrogens with one attached hydrogen (secondary N) is 1. The number of benzene rings is 3. The molecule has 0 atom stereocenters. The van der Waals surface area contributed by atoms with Crippen molar-refractivity contribution in [2.75, 3.05) is 11.9 Å². The number of aryl methyl sites for hydroxylation is 1. The van der Waals surface area contributed by atoms with Crippen molar-refractivity contribution in [3.63, 3.8) is 0 Å². The first-order valence-corrected chi connectivity index (χ1v) is 11.8. The summed E-state index contributed by atoms with van der Waals surface area (Å²) in [5.74, 6) is -0.492. The van der Waals surface area contributed by atoms with Crippen LogP contribution in [-0.2, 0) is 11.4 Å². The predicted octanol–water partition coefficient (Wildman–Crippen LogP) is 5.82. The zero-order chi connectivity index (χ0) is 25.4. The molecule has 0 saturated carbocycles. The number of carbonyl (C=O) groups is 2. The highest BCUT2D eigenvalue weighted by Gasteiger charge is 2.15. The fourth-order valence-electron chi connectivity index (χ4n) is 3.21. The molecule has 3 rings (SSSR count). The van der Waals surface area contributed by atoms with E-state index in [0.717, 1.165) is 14.7 Å². The molecule has 3 aromatic carbocycles. The van der Waals surface area contributed by atoms with Gasteiger partial charge in [-0.15, -0.1) is 0 Å². The topological polar surface area (TPSA) is 109 Å². The molecular weight excluding hydrogens is 559 g/mol. The highest BCUT2D eigenvalue weighted by molar-refractivity contribution is 14.1. The fraction of sp³-hybridized carbons (Fsp3) is 0.148. The van der Waals surface area contributed by atoms with Gasteiger partial charge in [0.15, 0.2) is 11.5 Å². The normalized spacial score (nSPS) is 10.9. The largest absolute Gasteiger partial charge is 0.490 e. The molecule has 2 N–H and O–H groups in total. The Morgan fingerprint density at radius 1 is 1.11 bits per heavy atom. The number of carboxylic acid groups (broad SMARTS) is 1. The van der Waals surface area contributed by atoms with Crippen LogP contribution in [0.1, 0.15) is 34.0 Å². The lowest BCUT2D eigenvalue weighted by Crippen LogP contribution is -2.13. The maximum Gasteiger partial charge on any atom is 0.335 e. The van der Waals surface area contributed by atoms with Gasteiger partial charge in [-0.3, -0.25) is 4.79 Å². The highest BCUT2D eigenvalue weighted by Crippen LogP contribution is 2.35. The monoisotopic (exact) mass is 582 g/mol. The second-order valence-corrected chi connectivity index (χ2v) is 8.71. The number of hydrogen-bond acceptors (Lipinski definition) is 5. The van der Waals surface area contributed by atoms with Crippen LogP contribution in [0.3, 0.4) is 0 Å². The standard InChI is InChI=1S/C27H23IN2O5/c1-3-34-24-14-19(12-21(15-29)26(31)30-22-6-4-5-17(2)11-22)13-23(28)25(24)35-16-18-7-9-20(10-8-18)27(32)33/h4-14H,3,16H2,1-2H3,(H,30,31)(H,32,33)/b21-12+. The summed E-state index contributed by atoms with van der Waals surface area (Å²) in [6.45, 7) is 4.38. The van der Waals surface area contributed by atoms with Crippen molar-refractivity contribution in [2.45, 2.75) is 20.5 Å². The lowest BCUT2D eigenvalue weighted by molar-refractivity contribution is -0.112. The number of nitrogens with zero attached hydrogens (tertiary/aromatic N) is 1. The van der Waals surface area contributed by atoms with Gasteiger partial charge in [0.25, 0.3) is 5.91 Å². The number of carboxylic acids is 1. The summed E-state index contributed by atoms with van der Waals surface area (Å²) in [4.78, 5) is 23.7. The van der Waals surface area contributed by atoms with Crippen molar-refractivity contribution < 1.29 is 24.2 Å². The Balaban J connectivity index is 1.82. The molecule has 0 fully saturated rings. The SMILES string of the molecule is CCOc1cc(/C=C(\C#N)C(=O)Nc2cccc(C)c2)cc(I)c1OCc1ccc(C(=O)O)cc1. The molecule has 0 aliphatic heterocycles. The zero-order valence-corrected chi connectivity index (χ0v) is 21.3. The van der Waals surface area contributed by atoms with Gasteiger partial charge in [-0.25, -0.2) is 4.79 Å². The minimum atomic E-state index is -0.987. The molecule has 0 heterocycles. The molecule has 0 bridgehead atoms. The minimum Gasteiger partial charge on any atom is -0.490 e. The third-order valence-corrected chi connectivity index (χ3v) is 5.67. The van der Waals surface area contributed by atoms with Crippen molar-refractivity contribution in [1.82, 2.24) is 0 Å². The second kappa shape index (κ2) is 12.0. The van der Waals surface area contributed by atoms with E-state index in [2.05, 4.69) is 27.9 Å².